The molecular weight excluding hydrogens is 236 g/mol. The molecule has 0 aliphatic carbocycles. The Morgan fingerprint density at radius 3 is 2.68 bits per heavy atom. The zero-order valence-electron chi connectivity index (χ0n) is 12.2. The molecule has 104 valence electrons. The molecule has 0 spiro atoms. The number of aryl methyl sites for hydroxylation is 2. The van der Waals surface area contributed by atoms with Crippen molar-refractivity contribution in [1.29, 1.82) is 0 Å². The number of carbonyl (C=O) groups excluding carboxylic acids is 1. The Kier molecular flexibility index (Phi) is 4.13. The maximum Gasteiger partial charge on any atom is 0.254 e. The highest BCUT2D eigenvalue weighted by Gasteiger charge is 2.21. The predicted molar refractivity (Wildman–Crippen MR) is 79.2 cm³/mol. The molecule has 1 unspecified atom stereocenters. The van der Waals surface area contributed by atoms with Crippen LogP contribution >= 0.6 is 0 Å². The van der Waals surface area contributed by atoms with E-state index < -0.39 is 0 Å². The molecule has 19 heavy (non-hydrogen) atoms. The Hall–Kier alpha value is -1.51. The van der Waals surface area contributed by atoms with Gasteiger partial charge in [0.1, 0.15) is 0 Å². The molecule has 2 N–H and O–H groups in total. The first kappa shape index (κ1) is 13.9. The number of hydrogen-bond donors (Lipinski definition) is 1. The van der Waals surface area contributed by atoms with E-state index in [1.807, 2.05) is 30.9 Å². The first-order chi connectivity index (χ1) is 8.99. The zero-order valence-corrected chi connectivity index (χ0v) is 12.2. The van der Waals surface area contributed by atoms with Crippen molar-refractivity contribution >= 4 is 11.6 Å². The van der Waals surface area contributed by atoms with Crippen molar-refractivity contribution in [2.45, 2.75) is 40.0 Å². The lowest BCUT2D eigenvalue weighted by Crippen LogP contribution is -2.32. The summed E-state index contributed by atoms with van der Waals surface area (Å²) in [6.07, 6.45) is 3.43. The van der Waals surface area contributed by atoms with Crippen LogP contribution in [0.15, 0.2) is 12.1 Å². The summed E-state index contributed by atoms with van der Waals surface area (Å²) in [5.74, 6) is 0.861. The number of carbonyl (C=O) groups is 1. The summed E-state index contributed by atoms with van der Waals surface area (Å²) in [5.41, 5.74) is 9.47. The van der Waals surface area contributed by atoms with E-state index in [1.54, 1.807) is 0 Å². The fourth-order valence-electron chi connectivity index (χ4n) is 2.74. The van der Waals surface area contributed by atoms with Gasteiger partial charge >= 0.3 is 0 Å². The van der Waals surface area contributed by atoms with E-state index in [0.717, 1.165) is 48.5 Å². The second-order valence-electron chi connectivity index (χ2n) is 5.85. The predicted octanol–water partition coefficient (Wildman–Crippen LogP) is 3.15. The molecule has 0 aromatic heterocycles. The summed E-state index contributed by atoms with van der Waals surface area (Å²) in [6.45, 7) is 7.97. The minimum atomic E-state index is 0.137. The average Bonchev–Trinajstić information content (AvgIpc) is 2.58. The van der Waals surface area contributed by atoms with Crippen LogP contribution in [0, 0.1) is 19.8 Å². The summed E-state index contributed by atoms with van der Waals surface area (Å²) in [5, 5.41) is 0. The molecule has 1 heterocycles. The van der Waals surface area contributed by atoms with Crippen LogP contribution in [-0.4, -0.2) is 23.9 Å². The largest absolute Gasteiger partial charge is 0.398 e. The van der Waals surface area contributed by atoms with Crippen LogP contribution in [-0.2, 0) is 0 Å². The van der Waals surface area contributed by atoms with Gasteiger partial charge < -0.3 is 10.6 Å². The average molecular weight is 260 g/mol. The third kappa shape index (κ3) is 3.09. The van der Waals surface area contributed by atoms with Crippen molar-refractivity contribution in [2.24, 2.45) is 5.92 Å². The third-order valence-electron chi connectivity index (χ3n) is 4.15. The van der Waals surface area contributed by atoms with Crippen molar-refractivity contribution in [3.63, 3.8) is 0 Å². The quantitative estimate of drug-likeness (QED) is 0.788. The van der Waals surface area contributed by atoms with Crippen LogP contribution in [0.1, 0.15) is 47.7 Å². The highest BCUT2D eigenvalue weighted by molar-refractivity contribution is 5.96. The van der Waals surface area contributed by atoms with Gasteiger partial charge in [-0.05, 0) is 56.2 Å². The van der Waals surface area contributed by atoms with E-state index in [-0.39, 0.29) is 5.91 Å². The van der Waals surface area contributed by atoms with E-state index in [2.05, 4.69) is 6.92 Å². The Labute approximate surface area is 115 Å². The second kappa shape index (κ2) is 5.64. The number of likely N-dealkylation sites (tertiary alicyclic amines) is 1. The SMILES string of the molecule is Cc1cc(C)c(C(=O)N2CCCC(C)CC2)cc1N. The molecule has 3 heteroatoms. The molecule has 1 aromatic carbocycles. The van der Waals surface area contributed by atoms with Crippen molar-refractivity contribution in [1.82, 2.24) is 4.90 Å². The van der Waals surface area contributed by atoms with E-state index in [4.69, 9.17) is 5.73 Å². The molecule has 1 aromatic rings. The Morgan fingerprint density at radius 1 is 1.21 bits per heavy atom. The molecule has 1 amide bonds. The second-order valence-corrected chi connectivity index (χ2v) is 5.85. The van der Waals surface area contributed by atoms with Gasteiger partial charge in [-0.25, -0.2) is 0 Å². The third-order valence-corrected chi connectivity index (χ3v) is 4.15. The summed E-state index contributed by atoms with van der Waals surface area (Å²) in [7, 11) is 0. The number of nitrogen functional groups attached to an aromatic ring is 1. The molecule has 2 rings (SSSR count). The van der Waals surface area contributed by atoms with Gasteiger partial charge in [-0.1, -0.05) is 13.0 Å². The molecule has 0 radical (unpaired) electrons. The number of benzene rings is 1. The van der Waals surface area contributed by atoms with E-state index in [9.17, 15) is 4.79 Å². The molecule has 3 nitrogen and oxygen atoms in total. The monoisotopic (exact) mass is 260 g/mol. The van der Waals surface area contributed by atoms with Gasteiger partial charge in [-0.3, -0.25) is 4.79 Å². The number of amides is 1. The van der Waals surface area contributed by atoms with Crippen LogP contribution in [0.3, 0.4) is 0 Å². The normalized spacial score (nSPS) is 20.2. The lowest BCUT2D eigenvalue weighted by Gasteiger charge is -2.22. The van der Waals surface area contributed by atoms with Crippen molar-refractivity contribution < 1.29 is 4.79 Å². The number of rotatable bonds is 1. The zero-order chi connectivity index (χ0) is 14.0. The minimum absolute atomic E-state index is 0.137. The van der Waals surface area contributed by atoms with Gasteiger partial charge in [0.25, 0.3) is 5.91 Å². The number of anilines is 1. The van der Waals surface area contributed by atoms with E-state index in [1.165, 1.54) is 6.42 Å². The molecule has 1 fully saturated rings. The Balaban J connectivity index is 2.21. The van der Waals surface area contributed by atoms with Crippen LogP contribution in [0.2, 0.25) is 0 Å². The lowest BCUT2D eigenvalue weighted by atomic mass is 10.0. The highest BCUT2D eigenvalue weighted by atomic mass is 16.2. The van der Waals surface area contributed by atoms with E-state index in [0.29, 0.717) is 5.69 Å². The van der Waals surface area contributed by atoms with Crippen LogP contribution in [0.5, 0.6) is 0 Å². The molecule has 1 aliphatic heterocycles. The fraction of sp³-hybridized carbons (Fsp3) is 0.562. The minimum Gasteiger partial charge on any atom is -0.398 e. The molecule has 1 saturated heterocycles. The molecular formula is C16H24N2O. The Bertz CT molecular complexity index is 482. The fourth-order valence-corrected chi connectivity index (χ4v) is 2.74. The van der Waals surface area contributed by atoms with Gasteiger partial charge in [-0.15, -0.1) is 0 Å². The summed E-state index contributed by atoms with van der Waals surface area (Å²) >= 11 is 0. The smallest absolute Gasteiger partial charge is 0.254 e. The van der Waals surface area contributed by atoms with Gasteiger partial charge in [-0.2, -0.15) is 0 Å². The standard InChI is InChI=1S/C16H24N2O/c1-11-5-4-7-18(8-6-11)16(19)14-10-15(17)13(3)9-12(14)2/h9-11H,4-8,17H2,1-3H3. The Morgan fingerprint density at radius 2 is 1.95 bits per heavy atom. The molecule has 0 saturated carbocycles. The lowest BCUT2D eigenvalue weighted by molar-refractivity contribution is 0.0759. The van der Waals surface area contributed by atoms with Gasteiger partial charge in [0, 0.05) is 24.3 Å². The van der Waals surface area contributed by atoms with Crippen molar-refractivity contribution in [2.75, 3.05) is 18.8 Å². The maximum absolute atomic E-state index is 12.6. The topological polar surface area (TPSA) is 46.3 Å². The summed E-state index contributed by atoms with van der Waals surface area (Å²) < 4.78 is 0. The first-order valence-electron chi connectivity index (χ1n) is 7.15. The number of hydrogen-bond acceptors (Lipinski definition) is 2. The maximum atomic E-state index is 12.6. The van der Waals surface area contributed by atoms with Gasteiger partial charge in [0.15, 0.2) is 0 Å². The number of nitrogens with zero attached hydrogens (tertiary/aromatic N) is 1. The van der Waals surface area contributed by atoms with Crippen LogP contribution < -0.4 is 5.73 Å². The molecule has 1 atom stereocenters. The van der Waals surface area contributed by atoms with Crippen LogP contribution in [0.4, 0.5) is 5.69 Å². The first-order valence-corrected chi connectivity index (χ1v) is 7.15. The van der Waals surface area contributed by atoms with Crippen molar-refractivity contribution in [3.05, 3.63) is 28.8 Å². The summed E-state index contributed by atoms with van der Waals surface area (Å²) in [4.78, 5) is 14.6. The summed E-state index contributed by atoms with van der Waals surface area (Å²) in [6, 6.07) is 3.84. The van der Waals surface area contributed by atoms with Gasteiger partial charge in [0.05, 0.1) is 0 Å². The van der Waals surface area contributed by atoms with E-state index >= 15 is 0 Å². The van der Waals surface area contributed by atoms with Gasteiger partial charge in [0.2, 0.25) is 0 Å². The van der Waals surface area contributed by atoms with Crippen molar-refractivity contribution in [3.8, 4) is 0 Å². The molecule has 1 aliphatic rings. The number of nitrogens with two attached hydrogens (primary N) is 1. The highest BCUT2D eigenvalue weighted by Crippen LogP contribution is 2.22. The molecule has 0 bridgehead atoms. The van der Waals surface area contributed by atoms with Crippen LogP contribution in [0.25, 0.3) is 0 Å².